The van der Waals surface area contributed by atoms with Crippen molar-refractivity contribution in [3.05, 3.63) is 35.4 Å². The van der Waals surface area contributed by atoms with Crippen LogP contribution in [-0.4, -0.2) is 25.0 Å². The van der Waals surface area contributed by atoms with Crippen molar-refractivity contribution in [2.45, 2.75) is 18.9 Å². The standard InChI is InChI=1S/C12H14F2N2O/c13-10-4-3-8(6-11(10)14)12(17)16-9-2-1-5-15-7-9/h3-4,6,9,15H,1-2,5,7H2,(H,16,17). The predicted octanol–water partition coefficient (Wildman–Crippen LogP) is 1.45. The number of halogens is 2. The Morgan fingerprint density at radius 2 is 2.18 bits per heavy atom. The summed E-state index contributed by atoms with van der Waals surface area (Å²) in [6, 6.07) is 3.22. The molecule has 1 amide bonds. The van der Waals surface area contributed by atoms with E-state index in [4.69, 9.17) is 0 Å². The molecule has 0 spiro atoms. The van der Waals surface area contributed by atoms with E-state index in [0.717, 1.165) is 38.1 Å². The van der Waals surface area contributed by atoms with Gasteiger partial charge in [0.1, 0.15) is 0 Å². The van der Waals surface area contributed by atoms with Gasteiger partial charge in [-0.3, -0.25) is 4.79 Å². The van der Waals surface area contributed by atoms with Gasteiger partial charge in [0.2, 0.25) is 0 Å². The molecule has 1 atom stereocenters. The summed E-state index contributed by atoms with van der Waals surface area (Å²) in [5.74, 6) is -2.31. The maximum Gasteiger partial charge on any atom is 0.251 e. The summed E-state index contributed by atoms with van der Waals surface area (Å²) in [6.07, 6.45) is 1.91. The second-order valence-electron chi connectivity index (χ2n) is 4.15. The average molecular weight is 240 g/mol. The van der Waals surface area contributed by atoms with Gasteiger partial charge >= 0.3 is 0 Å². The summed E-state index contributed by atoms with van der Waals surface area (Å²) in [5.41, 5.74) is 0.148. The number of nitrogens with one attached hydrogen (secondary N) is 2. The average Bonchev–Trinajstić information content (AvgIpc) is 2.34. The minimum absolute atomic E-state index is 0.0596. The molecule has 1 saturated heterocycles. The second kappa shape index (κ2) is 5.23. The second-order valence-corrected chi connectivity index (χ2v) is 4.15. The lowest BCUT2D eigenvalue weighted by Crippen LogP contribution is -2.45. The van der Waals surface area contributed by atoms with Gasteiger partial charge in [0.25, 0.3) is 5.91 Å². The van der Waals surface area contributed by atoms with Crippen molar-refractivity contribution in [2.75, 3.05) is 13.1 Å². The van der Waals surface area contributed by atoms with Crippen molar-refractivity contribution in [1.29, 1.82) is 0 Å². The molecule has 2 rings (SSSR count). The van der Waals surface area contributed by atoms with Crippen molar-refractivity contribution < 1.29 is 13.6 Å². The van der Waals surface area contributed by atoms with Crippen molar-refractivity contribution in [3.63, 3.8) is 0 Å². The Labute approximate surface area is 98.2 Å². The zero-order chi connectivity index (χ0) is 12.3. The Bertz CT molecular complexity index is 417. The number of rotatable bonds is 2. The van der Waals surface area contributed by atoms with Gasteiger partial charge in [-0.05, 0) is 37.6 Å². The first kappa shape index (κ1) is 12.0. The highest BCUT2D eigenvalue weighted by molar-refractivity contribution is 5.94. The highest BCUT2D eigenvalue weighted by atomic mass is 19.2. The molecule has 92 valence electrons. The van der Waals surface area contributed by atoms with Crippen LogP contribution < -0.4 is 10.6 Å². The van der Waals surface area contributed by atoms with Gasteiger partial charge < -0.3 is 10.6 Å². The van der Waals surface area contributed by atoms with Crippen LogP contribution in [0.2, 0.25) is 0 Å². The normalized spacial score (nSPS) is 20.0. The maximum atomic E-state index is 13.0. The summed E-state index contributed by atoms with van der Waals surface area (Å²) in [4.78, 5) is 11.7. The van der Waals surface area contributed by atoms with Crippen LogP contribution in [0.15, 0.2) is 18.2 Å². The van der Waals surface area contributed by atoms with E-state index in [1.54, 1.807) is 0 Å². The fraction of sp³-hybridized carbons (Fsp3) is 0.417. The third-order valence-electron chi connectivity index (χ3n) is 2.81. The van der Waals surface area contributed by atoms with E-state index in [-0.39, 0.29) is 17.5 Å². The first-order chi connectivity index (χ1) is 8.16. The molecule has 1 unspecified atom stereocenters. The van der Waals surface area contributed by atoms with E-state index in [1.165, 1.54) is 6.07 Å². The molecule has 0 saturated carbocycles. The minimum Gasteiger partial charge on any atom is -0.348 e. The van der Waals surface area contributed by atoms with Gasteiger partial charge in [0.05, 0.1) is 0 Å². The van der Waals surface area contributed by atoms with E-state index < -0.39 is 11.6 Å². The molecule has 0 bridgehead atoms. The van der Waals surface area contributed by atoms with Crippen molar-refractivity contribution in [3.8, 4) is 0 Å². The predicted molar refractivity (Wildman–Crippen MR) is 59.7 cm³/mol. The van der Waals surface area contributed by atoms with E-state index in [9.17, 15) is 13.6 Å². The van der Waals surface area contributed by atoms with Crippen molar-refractivity contribution >= 4 is 5.91 Å². The Morgan fingerprint density at radius 3 is 2.82 bits per heavy atom. The van der Waals surface area contributed by atoms with Gasteiger partial charge in [-0.1, -0.05) is 0 Å². The molecule has 1 fully saturated rings. The number of hydrogen-bond acceptors (Lipinski definition) is 2. The van der Waals surface area contributed by atoms with Crippen LogP contribution in [0.4, 0.5) is 8.78 Å². The van der Waals surface area contributed by atoms with Gasteiger partial charge in [-0.15, -0.1) is 0 Å². The van der Waals surface area contributed by atoms with E-state index in [2.05, 4.69) is 10.6 Å². The number of carbonyl (C=O) groups is 1. The monoisotopic (exact) mass is 240 g/mol. The van der Waals surface area contributed by atoms with E-state index in [0.29, 0.717) is 0 Å². The highest BCUT2D eigenvalue weighted by Crippen LogP contribution is 2.09. The van der Waals surface area contributed by atoms with Crippen LogP contribution in [0.1, 0.15) is 23.2 Å². The third kappa shape index (κ3) is 3.00. The highest BCUT2D eigenvalue weighted by Gasteiger charge is 2.17. The largest absolute Gasteiger partial charge is 0.348 e. The number of benzene rings is 1. The Hall–Kier alpha value is -1.49. The molecule has 17 heavy (non-hydrogen) atoms. The molecule has 1 aliphatic rings. The van der Waals surface area contributed by atoms with Gasteiger partial charge in [0, 0.05) is 18.2 Å². The molecule has 5 heteroatoms. The van der Waals surface area contributed by atoms with Gasteiger partial charge in [-0.25, -0.2) is 8.78 Å². The molecule has 2 N–H and O–H groups in total. The fourth-order valence-electron chi connectivity index (χ4n) is 1.88. The molecule has 1 heterocycles. The topological polar surface area (TPSA) is 41.1 Å². The lowest BCUT2D eigenvalue weighted by Gasteiger charge is -2.23. The summed E-state index contributed by atoms with van der Waals surface area (Å²) in [5, 5.41) is 5.95. The molecular weight excluding hydrogens is 226 g/mol. The molecule has 1 aliphatic heterocycles. The lowest BCUT2D eigenvalue weighted by molar-refractivity contribution is 0.0930. The van der Waals surface area contributed by atoms with E-state index >= 15 is 0 Å². The maximum absolute atomic E-state index is 13.0. The number of carbonyl (C=O) groups excluding carboxylic acids is 1. The van der Waals surface area contributed by atoms with Gasteiger partial charge in [0.15, 0.2) is 11.6 Å². The molecule has 0 radical (unpaired) electrons. The summed E-state index contributed by atoms with van der Waals surface area (Å²) >= 11 is 0. The number of hydrogen-bond donors (Lipinski definition) is 2. The molecule has 1 aromatic carbocycles. The zero-order valence-corrected chi connectivity index (χ0v) is 9.30. The van der Waals surface area contributed by atoms with Crippen LogP contribution in [0.5, 0.6) is 0 Å². The first-order valence-electron chi connectivity index (χ1n) is 5.63. The van der Waals surface area contributed by atoms with E-state index in [1.807, 2.05) is 0 Å². The summed E-state index contributed by atoms with van der Waals surface area (Å²) < 4.78 is 25.7. The lowest BCUT2D eigenvalue weighted by atomic mass is 10.1. The molecule has 0 aliphatic carbocycles. The Balaban J connectivity index is 2.01. The van der Waals surface area contributed by atoms with Crippen molar-refractivity contribution in [1.82, 2.24) is 10.6 Å². The van der Waals surface area contributed by atoms with Crippen LogP contribution in [0.25, 0.3) is 0 Å². The number of amides is 1. The minimum atomic E-state index is -1.00. The third-order valence-corrected chi connectivity index (χ3v) is 2.81. The van der Waals surface area contributed by atoms with Crippen LogP contribution in [0, 0.1) is 11.6 Å². The summed E-state index contributed by atoms with van der Waals surface area (Å²) in [7, 11) is 0. The molecule has 0 aromatic heterocycles. The quantitative estimate of drug-likeness (QED) is 0.821. The fourth-order valence-corrected chi connectivity index (χ4v) is 1.88. The summed E-state index contributed by atoms with van der Waals surface area (Å²) in [6.45, 7) is 1.67. The SMILES string of the molecule is O=C(NC1CCCNC1)c1ccc(F)c(F)c1. The van der Waals surface area contributed by atoms with Crippen LogP contribution in [-0.2, 0) is 0 Å². The van der Waals surface area contributed by atoms with Crippen LogP contribution in [0.3, 0.4) is 0 Å². The molecular formula is C12H14F2N2O. The zero-order valence-electron chi connectivity index (χ0n) is 9.30. The molecule has 1 aromatic rings. The van der Waals surface area contributed by atoms with Gasteiger partial charge in [-0.2, -0.15) is 0 Å². The smallest absolute Gasteiger partial charge is 0.251 e. The molecule has 3 nitrogen and oxygen atoms in total. The number of piperidine rings is 1. The Morgan fingerprint density at radius 1 is 1.35 bits per heavy atom. The van der Waals surface area contributed by atoms with Crippen LogP contribution >= 0.6 is 0 Å². The first-order valence-corrected chi connectivity index (χ1v) is 5.63. The van der Waals surface area contributed by atoms with Crippen molar-refractivity contribution in [2.24, 2.45) is 0 Å². The Kier molecular flexibility index (Phi) is 3.68.